The molecule has 0 aromatic rings. The van der Waals surface area contributed by atoms with Gasteiger partial charge in [0.1, 0.15) is 0 Å². The minimum Gasteiger partial charge on any atom is -0.0790 e. The molecule has 0 N–H and O–H groups in total. The summed E-state index contributed by atoms with van der Waals surface area (Å²) in [5.74, 6) is 0. The summed E-state index contributed by atoms with van der Waals surface area (Å²) in [6.45, 7) is 0. The van der Waals surface area contributed by atoms with E-state index in [1.807, 2.05) is 0 Å². The average Bonchev–Trinajstić information content (AvgIpc) is 1.94. The van der Waals surface area contributed by atoms with Crippen molar-refractivity contribution in [3.05, 3.63) is 22.2 Å². The van der Waals surface area contributed by atoms with Crippen molar-refractivity contribution in [1.29, 1.82) is 0 Å². The summed E-state index contributed by atoms with van der Waals surface area (Å²) < 4.78 is 0. The van der Waals surface area contributed by atoms with Crippen LogP contribution < -0.4 is 0 Å². The molecule has 3 heteroatoms. The van der Waals surface area contributed by atoms with E-state index < -0.39 is 0 Å². The van der Waals surface area contributed by atoms with Crippen LogP contribution in [0, 0.1) is 0 Å². The van der Waals surface area contributed by atoms with Crippen molar-refractivity contribution >= 4 is 0 Å². The Morgan fingerprint density at radius 1 is 1.27 bits per heavy atom. The van der Waals surface area contributed by atoms with Crippen LogP contribution in [0.1, 0.15) is 38.5 Å². The second kappa shape index (κ2) is 4.80. The van der Waals surface area contributed by atoms with Crippen molar-refractivity contribution in [3.63, 3.8) is 0 Å². The molecule has 11 heavy (non-hydrogen) atoms. The Labute approximate surface area is 66.7 Å². The van der Waals surface area contributed by atoms with E-state index in [-0.39, 0.29) is 0 Å². The van der Waals surface area contributed by atoms with E-state index in [1.54, 1.807) is 0 Å². The van der Waals surface area contributed by atoms with Crippen LogP contribution in [0.2, 0.25) is 0 Å². The van der Waals surface area contributed by atoms with Crippen LogP contribution in [0.25, 0.3) is 10.4 Å². The Kier molecular flexibility index (Phi) is 3.56. The number of rotatable bonds is 1. The van der Waals surface area contributed by atoms with Gasteiger partial charge in [0.05, 0.1) is 0 Å². The highest BCUT2D eigenvalue weighted by Gasteiger charge is 1.98. The average molecular weight is 151 g/mol. The van der Waals surface area contributed by atoms with Gasteiger partial charge in [0.15, 0.2) is 0 Å². The van der Waals surface area contributed by atoms with Crippen molar-refractivity contribution in [3.8, 4) is 0 Å². The Morgan fingerprint density at radius 3 is 2.91 bits per heavy atom. The van der Waals surface area contributed by atoms with Gasteiger partial charge in [-0.15, -0.1) is 0 Å². The van der Waals surface area contributed by atoms with Crippen LogP contribution in [0.3, 0.4) is 0 Å². The molecule has 0 bridgehead atoms. The largest absolute Gasteiger partial charge is 0.0790 e. The third-order valence-corrected chi connectivity index (χ3v) is 1.94. The number of hydrogen-bond acceptors (Lipinski definition) is 1. The topological polar surface area (TPSA) is 48.8 Å². The van der Waals surface area contributed by atoms with Crippen LogP contribution >= 0.6 is 0 Å². The zero-order valence-corrected chi connectivity index (χ0v) is 6.66. The molecule has 0 aliphatic heterocycles. The lowest BCUT2D eigenvalue weighted by Crippen LogP contribution is -1.86. The molecule has 3 nitrogen and oxygen atoms in total. The second-order valence-electron chi connectivity index (χ2n) is 2.84. The fraction of sp³-hybridized carbons (Fsp3) is 0.750. The van der Waals surface area contributed by atoms with Crippen molar-refractivity contribution in [2.75, 3.05) is 0 Å². The van der Waals surface area contributed by atoms with Gasteiger partial charge in [-0.3, -0.25) is 0 Å². The highest BCUT2D eigenvalue weighted by Crippen LogP contribution is 2.17. The van der Waals surface area contributed by atoms with Gasteiger partial charge in [-0.2, -0.15) is 0 Å². The molecule has 0 spiro atoms. The highest BCUT2D eigenvalue weighted by molar-refractivity contribution is 5.00. The molecule has 0 saturated carbocycles. The maximum Gasteiger partial charge on any atom is 0.0111 e. The molecule has 0 unspecified atom stereocenters. The first kappa shape index (κ1) is 8.15. The first-order valence-electron chi connectivity index (χ1n) is 4.17. The van der Waals surface area contributed by atoms with E-state index in [9.17, 15) is 0 Å². The summed E-state index contributed by atoms with van der Waals surface area (Å²) in [5, 5.41) is 3.63. The lowest BCUT2D eigenvalue weighted by molar-refractivity contribution is 0.622. The van der Waals surface area contributed by atoms with Crippen LogP contribution in [-0.4, -0.2) is 0 Å². The molecule has 0 radical (unpaired) electrons. The molecule has 60 valence electrons. The molecule has 0 aromatic heterocycles. The zero-order valence-electron chi connectivity index (χ0n) is 6.66. The maximum atomic E-state index is 8.20. The summed E-state index contributed by atoms with van der Waals surface area (Å²) in [6.07, 6.45) is 9.12. The standard InChI is InChI=1S/C8H13N3/c9-11-10-8-6-4-2-1-3-5-7-8/h6H,1-5,7H2/b8-6+. The van der Waals surface area contributed by atoms with Crippen molar-refractivity contribution in [2.24, 2.45) is 5.11 Å². The van der Waals surface area contributed by atoms with Gasteiger partial charge < -0.3 is 0 Å². The Bertz CT molecular complexity index is 190. The Morgan fingerprint density at radius 2 is 2.09 bits per heavy atom. The predicted octanol–water partition coefficient (Wildman–Crippen LogP) is 3.53. The van der Waals surface area contributed by atoms with Gasteiger partial charge in [-0.25, -0.2) is 0 Å². The van der Waals surface area contributed by atoms with Gasteiger partial charge in [0.25, 0.3) is 0 Å². The third kappa shape index (κ3) is 3.10. The second-order valence-corrected chi connectivity index (χ2v) is 2.84. The molecule has 0 aromatic carbocycles. The van der Waals surface area contributed by atoms with Gasteiger partial charge in [0.2, 0.25) is 0 Å². The number of hydrogen-bond donors (Lipinski definition) is 0. The molecule has 1 aliphatic rings. The lowest BCUT2D eigenvalue weighted by atomic mass is 10.0. The summed E-state index contributed by atoms with van der Waals surface area (Å²) in [7, 11) is 0. The SMILES string of the molecule is [N-]=[N+]=N/C1=C/CCCCCC1. The van der Waals surface area contributed by atoms with E-state index >= 15 is 0 Å². The fourth-order valence-electron chi connectivity index (χ4n) is 1.32. The van der Waals surface area contributed by atoms with Crippen LogP contribution in [0.15, 0.2) is 16.9 Å². The fourth-order valence-corrected chi connectivity index (χ4v) is 1.32. The minimum absolute atomic E-state index is 0.937. The summed E-state index contributed by atoms with van der Waals surface area (Å²) in [5.41, 5.74) is 9.14. The Hall–Kier alpha value is -0.950. The van der Waals surface area contributed by atoms with Crippen molar-refractivity contribution in [1.82, 2.24) is 0 Å². The normalized spacial score (nSPS) is 23.8. The summed E-state index contributed by atoms with van der Waals surface area (Å²) in [4.78, 5) is 2.79. The van der Waals surface area contributed by atoms with Gasteiger partial charge >= 0.3 is 0 Å². The predicted molar refractivity (Wildman–Crippen MR) is 44.9 cm³/mol. The monoisotopic (exact) mass is 151 g/mol. The molecule has 1 rings (SSSR count). The molecular formula is C8H13N3. The first-order chi connectivity index (χ1) is 5.43. The van der Waals surface area contributed by atoms with E-state index in [4.69, 9.17) is 5.53 Å². The number of allylic oxidation sites excluding steroid dienone is 2. The summed E-state index contributed by atoms with van der Waals surface area (Å²) >= 11 is 0. The van der Waals surface area contributed by atoms with E-state index in [1.165, 1.54) is 25.7 Å². The van der Waals surface area contributed by atoms with Gasteiger partial charge in [-0.1, -0.05) is 24.0 Å². The first-order valence-corrected chi connectivity index (χ1v) is 4.17. The molecule has 0 fully saturated rings. The molecule has 0 atom stereocenters. The Balaban J connectivity index is 2.51. The van der Waals surface area contributed by atoms with Crippen LogP contribution in [0.4, 0.5) is 0 Å². The molecule has 1 aliphatic carbocycles. The van der Waals surface area contributed by atoms with Crippen LogP contribution in [-0.2, 0) is 0 Å². The number of azide groups is 1. The smallest absolute Gasteiger partial charge is 0.0111 e. The molecule has 0 heterocycles. The highest BCUT2D eigenvalue weighted by atomic mass is 15.1. The number of nitrogens with zero attached hydrogens (tertiary/aromatic N) is 3. The molecule has 0 amide bonds. The summed E-state index contributed by atoms with van der Waals surface area (Å²) in [6, 6.07) is 0. The van der Waals surface area contributed by atoms with E-state index in [0.29, 0.717) is 0 Å². The van der Waals surface area contributed by atoms with E-state index in [2.05, 4.69) is 16.1 Å². The van der Waals surface area contributed by atoms with Crippen molar-refractivity contribution < 1.29 is 0 Å². The zero-order chi connectivity index (χ0) is 7.94. The maximum absolute atomic E-state index is 8.20. The quantitative estimate of drug-likeness (QED) is 0.312. The van der Waals surface area contributed by atoms with Gasteiger partial charge in [-0.05, 0) is 31.2 Å². The van der Waals surface area contributed by atoms with Crippen LogP contribution in [0.5, 0.6) is 0 Å². The van der Waals surface area contributed by atoms with Gasteiger partial charge in [0, 0.05) is 10.6 Å². The lowest BCUT2D eigenvalue weighted by Gasteiger charge is -2.05. The third-order valence-electron chi connectivity index (χ3n) is 1.94. The van der Waals surface area contributed by atoms with E-state index in [0.717, 1.165) is 18.5 Å². The minimum atomic E-state index is 0.937. The molecular weight excluding hydrogens is 138 g/mol. The molecule has 0 saturated heterocycles. The van der Waals surface area contributed by atoms with Crippen molar-refractivity contribution in [2.45, 2.75) is 38.5 Å².